The maximum absolute atomic E-state index is 11.4. The Labute approximate surface area is 206 Å². The number of benzene rings is 2. The molecule has 35 heavy (non-hydrogen) atoms. The molecule has 1 saturated carbocycles. The topological polar surface area (TPSA) is 102 Å². The fraction of sp³-hybridized carbons (Fsp3) is 0.481. The molecule has 188 valence electrons. The number of carbonyl (C=O) groups is 2. The van der Waals surface area contributed by atoms with Crippen molar-refractivity contribution in [2.75, 3.05) is 20.6 Å². The Morgan fingerprint density at radius 2 is 1.80 bits per heavy atom. The summed E-state index contributed by atoms with van der Waals surface area (Å²) in [5, 5.41) is 22.3. The largest absolute Gasteiger partial charge is 0.488 e. The molecule has 4 rings (SSSR count). The van der Waals surface area contributed by atoms with Gasteiger partial charge >= 0.3 is 12.1 Å². The Balaban J connectivity index is 1.32. The molecular formula is C27H35N3O5. The third-order valence-corrected chi connectivity index (χ3v) is 7.57. The Kier molecular flexibility index (Phi) is 7.62. The van der Waals surface area contributed by atoms with Crippen LogP contribution < -0.4 is 10.1 Å². The third kappa shape index (κ3) is 5.60. The number of likely N-dealkylation sites (tertiary alicyclic amines) is 1. The van der Waals surface area contributed by atoms with E-state index in [1.807, 2.05) is 24.3 Å². The predicted octanol–water partition coefficient (Wildman–Crippen LogP) is 3.76. The first-order chi connectivity index (χ1) is 16.8. The smallest absolute Gasteiger partial charge is 0.408 e. The number of nitrogens with one attached hydrogen (secondary N) is 1. The van der Waals surface area contributed by atoms with Crippen molar-refractivity contribution in [1.29, 1.82) is 0 Å². The first kappa shape index (κ1) is 25.0. The van der Waals surface area contributed by atoms with Crippen LogP contribution in [-0.2, 0) is 16.9 Å². The summed E-state index contributed by atoms with van der Waals surface area (Å²) in [5.41, 5.74) is 2.54. The van der Waals surface area contributed by atoms with Crippen LogP contribution in [0.2, 0.25) is 0 Å². The van der Waals surface area contributed by atoms with Gasteiger partial charge in [0.25, 0.3) is 0 Å². The van der Waals surface area contributed by atoms with Crippen molar-refractivity contribution in [3.63, 3.8) is 0 Å². The number of carboxylic acid groups (broad SMARTS) is 2. The van der Waals surface area contributed by atoms with E-state index in [1.54, 1.807) is 0 Å². The number of rotatable bonds is 8. The van der Waals surface area contributed by atoms with E-state index in [0.717, 1.165) is 36.1 Å². The fourth-order valence-electron chi connectivity index (χ4n) is 5.55. The van der Waals surface area contributed by atoms with Gasteiger partial charge in [-0.25, -0.2) is 9.59 Å². The number of ether oxygens (including phenoxy) is 1. The van der Waals surface area contributed by atoms with Crippen LogP contribution in [0.5, 0.6) is 5.75 Å². The number of nitrogens with zero attached hydrogens (tertiary/aromatic N) is 2. The van der Waals surface area contributed by atoms with Gasteiger partial charge in [-0.1, -0.05) is 42.5 Å². The molecule has 0 unspecified atom stereocenters. The highest BCUT2D eigenvalue weighted by Gasteiger charge is 2.41. The highest BCUT2D eigenvalue weighted by Crippen LogP contribution is 2.41. The van der Waals surface area contributed by atoms with Crippen LogP contribution in [0.25, 0.3) is 0 Å². The van der Waals surface area contributed by atoms with Crippen LogP contribution in [0, 0.1) is 0 Å². The van der Waals surface area contributed by atoms with Gasteiger partial charge in [0.15, 0.2) is 0 Å². The molecule has 1 heterocycles. The van der Waals surface area contributed by atoms with E-state index in [4.69, 9.17) is 4.74 Å². The van der Waals surface area contributed by atoms with Gasteiger partial charge in [0.05, 0.1) is 6.54 Å². The minimum atomic E-state index is -1.24. The zero-order valence-corrected chi connectivity index (χ0v) is 20.4. The van der Waals surface area contributed by atoms with Crippen molar-refractivity contribution >= 4 is 12.1 Å². The zero-order valence-electron chi connectivity index (χ0n) is 20.4. The molecule has 2 aromatic rings. The van der Waals surface area contributed by atoms with Crippen molar-refractivity contribution in [2.24, 2.45) is 0 Å². The molecule has 2 aromatic carbocycles. The minimum Gasteiger partial charge on any atom is -0.488 e. The summed E-state index contributed by atoms with van der Waals surface area (Å²) in [6, 6.07) is 17.9. The lowest BCUT2D eigenvalue weighted by Crippen LogP contribution is -2.47. The van der Waals surface area contributed by atoms with E-state index < -0.39 is 24.2 Å². The second-order valence-corrected chi connectivity index (χ2v) is 9.86. The van der Waals surface area contributed by atoms with Gasteiger partial charge in [-0.05, 0) is 63.0 Å². The number of amides is 1. The second-order valence-electron chi connectivity index (χ2n) is 9.86. The molecule has 0 radical (unpaired) electrons. The standard InChI is InChI=1S/C27H35N3O5/c1-29(2)27(20-8-4-3-5-9-20)13-11-21(12-14-27)28-17-19-7-6-10-22(15-19)35-23-16-24(25(31)32)30(18-23)26(33)34/h3-10,15,21,23-24,28H,11-14,16-18H2,1-2H3,(H,31,32)(H,33,34)/t21?,23-,24-,27?/m0/s1. The SMILES string of the molecule is CN(C)C1(c2ccccc2)CCC(NCc2cccc(O[C@H]3C[C@@H](C(=O)O)N(C(=O)O)C3)c2)CC1. The van der Waals surface area contributed by atoms with E-state index in [1.165, 1.54) is 5.56 Å². The van der Waals surface area contributed by atoms with Gasteiger partial charge in [0.2, 0.25) is 0 Å². The predicted molar refractivity (Wildman–Crippen MR) is 133 cm³/mol. The molecule has 1 aliphatic carbocycles. The lowest BCUT2D eigenvalue weighted by atomic mass is 9.74. The number of hydrogen-bond acceptors (Lipinski definition) is 5. The van der Waals surface area contributed by atoms with Gasteiger partial charge in [-0.2, -0.15) is 0 Å². The van der Waals surface area contributed by atoms with E-state index in [0.29, 0.717) is 18.3 Å². The fourth-order valence-corrected chi connectivity index (χ4v) is 5.55. The highest BCUT2D eigenvalue weighted by atomic mass is 16.5. The molecule has 2 fully saturated rings. The molecule has 1 saturated heterocycles. The third-order valence-electron chi connectivity index (χ3n) is 7.57. The Morgan fingerprint density at radius 3 is 2.40 bits per heavy atom. The molecular weight excluding hydrogens is 446 g/mol. The van der Waals surface area contributed by atoms with Crippen LogP contribution in [0.4, 0.5) is 4.79 Å². The number of aliphatic carboxylic acids is 1. The van der Waals surface area contributed by atoms with Crippen molar-refractivity contribution in [3.8, 4) is 5.75 Å². The lowest BCUT2D eigenvalue weighted by Gasteiger charge is -2.45. The maximum atomic E-state index is 11.4. The summed E-state index contributed by atoms with van der Waals surface area (Å²) in [6.45, 7) is 0.762. The Bertz CT molecular complexity index is 998. The lowest BCUT2D eigenvalue weighted by molar-refractivity contribution is -0.141. The Morgan fingerprint density at radius 1 is 1.09 bits per heavy atom. The molecule has 8 nitrogen and oxygen atoms in total. The first-order valence-corrected chi connectivity index (χ1v) is 12.2. The first-order valence-electron chi connectivity index (χ1n) is 12.2. The molecule has 8 heteroatoms. The Hall–Kier alpha value is -3.10. The van der Waals surface area contributed by atoms with Crippen LogP contribution in [0.15, 0.2) is 54.6 Å². The molecule has 2 aliphatic rings. The van der Waals surface area contributed by atoms with Crippen LogP contribution in [0.3, 0.4) is 0 Å². The normalized spacial score (nSPS) is 26.6. The second kappa shape index (κ2) is 10.7. The minimum absolute atomic E-state index is 0.0475. The maximum Gasteiger partial charge on any atom is 0.408 e. The molecule has 0 bridgehead atoms. The van der Waals surface area contributed by atoms with E-state index >= 15 is 0 Å². The molecule has 0 aromatic heterocycles. The quantitative estimate of drug-likeness (QED) is 0.528. The zero-order chi connectivity index (χ0) is 25.0. The monoisotopic (exact) mass is 481 g/mol. The summed E-state index contributed by atoms with van der Waals surface area (Å²) >= 11 is 0. The average molecular weight is 482 g/mol. The molecule has 3 N–H and O–H groups in total. The van der Waals surface area contributed by atoms with Crippen molar-refractivity contribution in [3.05, 3.63) is 65.7 Å². The van der Waals surface area contributed by atoms with E-state index in [9.17, 15) is 19.8 Å². The molecule has 1 amide bonds. The number of carboxylic acids is 1. The average Bonchev–Trinajstić information content (AvgIpc) is 3.28. The summed E-state index contributed by atoms with van der Waals surface area (Å²) in [6.07, 6.45) is 2.79. The van der Waals surface area contributed by atoms with Crippen LogP contribution in [0.1, 0.15) is 43.2 Å². The highest BCUT2D eigenvalue weighted by molar-refractivity contribution is 5.80. The van der Waals surface area contributed by atoms with Gasteiger partial charge in [0.1, 0.15) is 17.9 Å². The van der Waals surface area contributed by atoms with Crippen molar-refractivity contribution < 1.29 is 24.5 Å². The number of hydrogen-bond donors (Lipinski definition) is 3. The molecule has 2 atom stereocenters. The van der Waals surface area contributed by atoms with Gasteiger partial charge in [0, 0.05) is 24.5 Å². The van der Waals surface area contributed by atoms with Gasteiger partial charge < -0.3 is 20.3 Å². The molecule has 0 spiro atoms. The van der Waals surface area contributed by atoms with Crippen LogP contribution >= 0.6 is 0 Å². The van der Waals surface area contributed by atoms with Crippen molar-refractivity contribution in [2.45, 2.75) is 62.4 Å². The van der Waals surface area contributed by atoms with E-state index in [2.05, 4.69) is 54.6 Å². The molecule has 1 aliphatic heterocycles. The summed E-state index contributed by atoms with van der Waals surface area (Å²) < 4.78 is 5.97. The van der Waals surface area contributed by atoms with Gasteiger partial charge in [-0.3, -0.25) is 9.80 Å². The van der Waals surface area contributed by atoms with Crippen molar-refractivity contribution in [1.82, 2.24) is 15.1 Å². The summed E-state index contributed by atoms with van der Waals surface area (Å²) in [7, 11) is 4.34. The summed E-state index contributed by atoms with van der Waals surface area (Å²) in [4.78, 5) is 26.0. The van der Waals surface area contributed by atoms with Gasteiger partial charge in [-0.15, -0.1) is 0 Å². The van der Waals surface area contributed by atoms with E-state index in [-0.39, 0.29) is 18.5 Å². The van der Waals surface area contributed by atoms with Crippen LogP contribution in [-0.4, -0.2) is 70.9 Å². The summed E-state index contributed by atoms with van der Waals surface area (Å²) in [5.74, 6) is -0.514.